The Bertz CT molecular complexity index is 1870. The van der Waals surface area contributed by atoms with Crippen molar-refractivity contribution in [1.82, 2.24) is 29.3 Å². The van der Waals surface area contributed by atoms with Crippen LogP contribution in [0, 0.1) is 52.0 Å². The summed E-state index contributed by atoms with van der Waals surface area (Å²) >= 11 is 0. The second kappa shape index (κ2) is 15.1. The third kappa shape index (κ3) is 6.20. The number of nitrogens with zero attached hydrogens (tertiary/aromatic N) is 12. The first-order valence-corrected chi connectivity index (χ1v) is 19.3. The zero-order valence-electron chi connectivity index (χ0n) is 33.6. The van der Waals surface area contributed by atoms with E-state index in [-0.39, 0.29) is 112 Å². The van der Waals surface area contributed by atoms with Crippen LogP contribution in [0.5, 0.6) is 0 Å². The fourth-order valence-electron chi connectivity index (χ4n) is 11.2. The molecule has 0 radical (unpaired) electrons. The fraction of sp³-hybridized carbons (Fsp3) is 0.714. The monoisotopic (exact) mass is 815 g/mol. The first-order chi connectivity index (χ1) is 27.2. The molecule has 0 bridgehead atoms. The van der Waals surface area contributed by atoms with Crippen LogP contribution in [0.2, 0.25) is 0 Å². The molecule has 0 aromatic carbocycles. The number of carbonyl (C=O) groups excluding carboxylic acids is 1. The summed E-state index contributed by atoms with van der Waals surface area (Å²) in [7, 11) is 4.71. The number of amides is 1. The van der Waals surface area contributed by atoms with Crippen molar-refractivity contribution < 1.29 is 34.9 Å². The van der Waals surface area contributed by atoms with Crippen molar-refractivity contribution in [1.29, 1.82) is 0 Å². The average molecular weight is 816 g/mol. The number of nitrogens with two attached hydrogens (primary N) is 1. The third-order valence-electron chi connectivity index (χ3n) is 14.0. The molecular formula is C35H53N13O10. The maximum atomic E-state index is 15.2. The van der Waals surface area contributed by atoms with Crippen LogP contribution in [0.4, 0.5) is 34.5 Å². The second-order valence-electron chi connectivity index (χ2n) is 16.7. The maximum absolute atomic E-state index is 15.2. The number of hydrogen-bond acceptors (Lipinski definition) is 16. The highest BCUT2D eigenvalue weighted by Gasteiger charge is 2.75. The molecule has 6 atom stereocenters. The number of aliphatic hydroxyl groups excluding tert-OH is 3. The van der Waals surface area contributed by atoms with E-state index >= 15 is 4.79 Å². The van der Waals surface area contributed by atoms with Crippen molar-refractivity contribution in [2.24, 2.45) is 48.5 Å². The minimum Gasteiger partial charge on any atom is -0.392 e. The van der Waals surface area contributed by atoms with Gasteiger partial charge in [-0.25, -0.2) is 14.0 Å². The van der Waals surface area contributed by atoms with Gasteiger partial charge in [-0.1, -0.05) is 20.8 Å². The molecule has 6 rings (SSSR count). The van der Waals surface area contributed by atoms with Crippen LogP contribution in [0.15, 0.2) is 18.6 Å². The molecule has 0 spiro atoms. The quantitative estimate of drug-likeness (QED) is 0.166. The molecule has 6 unspecified atom stereocenters. The number of primary amides is 1. The normalized spacial score (nSPS) is 29.6. The van der Waals surface area contributed by atoms with Gasteiger partial charge in [0.1, 0.15) is 18.6 Å². The van der Waals surface area contributed by atoms with Crippen molar-refractivity contribution in [2.75, 3.05) is 54.0 Å². The standard InChI is InChI=1S/C35H53N13O10/c1-32(10-16-43(13-7-25(32)49)28-22(46(53)54)19-37-40(28)4)35(31(36)52,33(2)11-17-44(14-8-26(33)50)29-23(47(55)56)20-38-41(29)5)34(3)12-18-45(15-9-27(34)51)30-24(48(57)58)21-39-42(30)6/h19-21,25-27,49-51H,7-18H2,1-6H3,(H2,36,52). The van der Waals surface area contributed by atoms with E-state index in [0.717, 1.165) is 18.6 Å². The predicted molar refractivity (Wildman–Crippen MR) is 208 cm³/mol. The lowest BCUT2D eigenvalue weighted by Gasteiger charge is -2.66. The number of carbonyl (C=O) groups is 1. The molecule has 1 amide bonds. The number of nitro groups is 3. The van der Waals surface area contributed by atoms with E-state index in [2.05, 4.69) is 15.3 Å². The molecule has 23 nitrogen and oxygen atoms in total. The lowest BCUT2D eigenvalue weighted by atomic mass is 9.36. The summed E-state index contributed by atoms with van der Waals surface area (Å²) in [4.78, 5) is 55.0. The van der Waals surface area contributed by atoms with Crippen LogP contribution in [-0.2, 0) is 25.9 Å². The van der Waals surface area contributed by atoms with Gasteiger partial charge in [0, 0.05) is 76.7 Å². The summed E-state index contributed by atoms with van der Waals surface area (Å²) in [6.45, 7) is 5.81. The lowest BCUT2D eigenvalue weighted by molar-refractivity contribution is -0.384. The Morgan fingerprint density at radius 2 is 0.879 bits per heavy atom. The van der Waals surface area contributed by atoms with Gasteiger partial charge in [0.05, 0.1) is 38.5 Å². The van der Waals surface area contributed by atoms with Crippen LogP contribution in [0.1, 0.15) is 59.3 Å². The van der Waals surface area contributed by atoms with Crippen LogP contribution in [0.3, 0.4) is 0 Å². The lowest BCUT2D eigenvalue weighted by Crippen LogP contribution is -2.73. The molecule has 318 valence electrons. The van der Waals surface area contributed by atoms with Crippen molar-refractivity contribution in [3.63, 3.8) is 0 Å². The Morgan fingerprint density at radius 1 is 0.621 bits per heavy atom. The van der Waals surface area contributed by atoms with E-state index in [1.165, 1.54) is 14.0 Å². The summed E-state index contributed by atoms with van der Waals surface area (Å²) < 4.78 is 4.12. The Balaban J connectivity index is 1.54. The molecule has 3 aliphatic heterocycles. The summed E-state index contributed by atoms with van der Waals surface area (Å²) in [5.74, 6) is -0.282. The molecule has 3 aromatic heterocycles. The SMILES string of the molecule is Cn1ncc([N+](=O)[O-])c1N1CCC(O)C(C)(C(C(N)=O)(C2(C)CCN(c3c([N+](=O)[O-])cnn3C)CCC2O)C2(C)CCN(c3c([N+](=O)[O-])cnn3C)CCC2O)CC1. The maximum Gasteiger partial charge on any atom is 0.331 e. The van der Waals surface area contributed by atoms with Crippen molar-refractivity contribution in [2.45, 2.75) is 77.6 Å². The van der Waals surface area contributed by atoms with Crippen molar-refractivity contribution in [3.8, 4) is 0 Å². The summed E-state index contributed by atoms with van der Waals surface area (Å²) in [6.07, 6.45) is -0.467. The molecule has 23 heteroatoms. The Labute approximate surface area is 333 Å². The van der Waals surface area contributed by atoms with E-state index in [0.29, 0.717) is 0 Å². The van der Waals surface area contributed by atoms with Gasteiger partial charge in [0.15, 0.2) is 0 Å². The zero-order valence-corrected chi connectivity index (χ0v) is 33.6. The van der Waals surface area contributed by atoms with Gasteiger partial charge in [-0.3, -0.25) is 35.1 Å². The number of anilines is 3. The van der Waals surface area contributed by atoms with Crippen molar-refractivity contribution in [3.05, 3.63) is 48.9 Å². The molecule has 0 aliphatic carbocycles. The highest BCUT2D eigenvalue weighted by molar-refractivity contribution is 5.85. The second-order valence-corrected chi connectivity index (χ2v) is 16.7. The van der Waals surface area contributed by atoms with Gasteiger partial charge < -0.3 is 35.8 Å². The average Bonchev–Trinajstić information content (AvgIpc) is 3.78. The first kappa shape index (κ1) is 42.2. The number of aromatic nitrogens is 6. The topological polar surface area (TPSA) is 296 Å². The van der Waals surface area contributed by atoms with E-state index in [9.17, 15) is 45.7 Å². The fourth-order valence-corrected chi connectivity index (χ4v) is 11.2. The summed E-state index contributed by atoms with van der Waals surface area (Å²) in [5, 5.41) is 86.3. The van der Waals surface area contributed by atoms with E-state index < -0.39 is 60.6 Å². The minimum atomic E-state index is -1.98. The highest BCUT2D eigenvalue weighted by Crippen LogP contribution is 2.70. The van der Waals surface area contributed by atoms with Crippen LogP contribution in [0.25, 0.3) is 0 Å². The van der Waals surface area contributed by atoms with Crippen LogP contribution >= 0.6 is 0 Å². The number of aliphatic hydroxyl groups is 3. The van der Waals surface area contributed by atoms with Crippen molar-refractivity contribution >= 4 is 40.4 Å². The Morgan fingerprint density at radius 3 is 1.10 bits per heavy atom. The largest absolute Gasteiger partial charge is 0.392 e. The molecular weight excluding hydrogens is 762 g/mol. The third-order valence-corrected chi connectivity index (χ3v) is 14.0. The molecule has 5 N–H and O–H groups in total. The molecule has 0 saturated carbocycles. The first-order valence-electron chi connectivity index (χ1n) is 19.3. The molecule has 3 fully saturated rings. The number of hydrogen-bond donors (Lipinski definition) is 4. The van der Waals surface area contributed by atoms with Crippen LogP contribution in [-0.4, -0.2) is 123 Å². The zero-order chi connectivity index (χ0) is 42.7. The van der Waals surface area contributed by atoms with Gasteiger partial charge in [-0.15, -0.1) is 0 Å². The predicted octanol–water partition coefficient (Wildman–Crippen LogP) is 1.39. The molecule has 6 heterocycles. The number of rotatable bonds is 10. The summed E-state index contributed by atoms with van der Waals surface area (Å²) in [5.41, 5.74) is -0.568. The van der Waals surface area contributed by atoms with Gasteiger partial charge in [-0.2, -0.15) is 15.3 Å². The van der Waals surface area contributed by atoms with Gasteiger partial charge in [0.2, 0.25) is 23.4 Å². The summed E-state index contributed by atoms with van der Waals surface area (Å²) in [6, 6.07) is 0. The Kier molecular flexibility index (Phi) is 11.0. The number of aryl methyl sites for hydroxylation is 3. The van der Waals surface area contributed by atoms with Gasteiger partial charge in [-0.05, 0) is 38.5 Å². The molecule has 3 saturated heterocycles. The van der Waals surface area contributed by atoms with Gasteiger partial charge in [0.25, 0.3) is 0 Å². The molecule has 3 aromatic rings. The van der Waals surface area contributed by atoms with E-state index in [1.807, 2.05) is 0 Å². The molecule has 58 heavy (non-hydrogen) atoms. The highest BCUT2D eigenvalue weighted by atomic mass is 16.6. The van der Waals surface area contributed by atoms with E-state index in [1.54, 1.807) is 56.6 Å². The molecule has 3 aliphatic rings. The van der Waals surface area contributed by atoms with E-state index in [4.69, 9.17) is 5.73 Å². The van der Waals surface area contributed by atoms with Gasteiger partial charge >= 0.3 is 17.1 Å². The van der Waals surface area contributed by atoms with Crippen LogP contribution < -0.4 is 20.4 Å². The Hall–Kier alpha value is -5.42. The smallest absolute Gasteiger partial charge is 0.331 e. The minimum absolute atomic E-state index is 0.00684.